The molecule has 1 aliphatic heterocycles. The number of rotatable bonds is 8. The van der Waals surface area contributed by atoms with Crippen molar-refractivity contribution in [2.45, 2.75) is 64.5 Å². The molecule has 226 valence electrons. The number of hydrogen-bond acceptors (Lipinski definition) is 6. The van der Waals surface area contributed by atoms with Crippen molar-refractivity contribution in [2.24, 2.45) is 5.92 Å². The molecule has 42 heavy (non-hydrogen) atoms. The maximum Gasteiger partial charge on any atom is 0.405 e. The monoisotopic (exact) mass is 601 g/mol. The summed E-state index contributed by atoms with van der Waals surface area (Å²) in [4.78, 5) is 22.3. The Morgan fingerprint density at radius 1 is 1.10 bits per heavy atom. The van der Waals surface area contributed by atoms with Gasteiger partial charge in [-0.3, -0.25) is 4.98 Å². The summed E-state index contributed by atoms with van der Waals surface area (Å²) in [5.74, 6) is -2.64. The highest BCUT2D eigenvalue weighted by Crippen LogP contribution is 2.40. The summed E-state index contributed by atoms with van der Waals surface area (Å²) in [6.45, 7) is 13.9. The molecular formula is C30H38F3N5O3Si. The van der Waals surface area contributed by atoms with Crippen molar-refractivity contribution < 1.29 is 27.5 Å². The van der Waals surface area contributed by atoms with E-state index in [1.807, 2.05) is 6.07 Å². The van der Waals surface area contributed by atoms with Gasteiger partial charge in [0.1, 0.15) is 23.1 Å². The maximum absolute atomic E-state index is 14.6. The summed E-state index contributed by atoms with van der Waals surface area (Å²) >= 11 is 0. The van der Waals surface area contributed by atoms with Crippen molar-refractivity contribution in [1.29, 1.82) is 0 Å². The SMILES string of the molecule is C[C@H]1CN(c2ccncc2NCc2ccc(F)c(-c3c(F)cccc3F)n2)C[C@@H](NC(=O)O)[C@@H]1O[Si](C)(C)C(C)(C)C. The number of pyridine rings is 2. The molecule has 0 radical (unpaired) electrons. The minimum atomic E-state index is -2.18. The number of nitrogens with one attached hydrogen (secondary N) is 2. The van der Waals surface area contributed by atoms with Gasteiger partial charge in [0.05, 0.1) is 47.5 Å². The summed E-state index contributed by atoms with van der Waals surface area (Å²) in [6.07, 6.45) is 1.88. The van der Waals surface area contributed by atoms with Crippen LogP contribution in [0.1, 0.15) is 33.4 Å². The zero-order valence-corrected chi connectivity index (χ0v) is 25.7. The van der Waals surface area contributed by atoms with E-state index in [1.54, 1.807) is 12.4 Å². The molecule has 3 atom stereocenters. The van der Waals surface area contributed by atoms with Gasteiger partial charge in [0, 0.05) is 25.2 Å². The van der Waals surface area contributed by atoms with Gasteiger partial charge in [0.25, 0.3) is 0 Å². The van der Waals surface area contributed by atoms with E-state index in [4.69, 9.17) is 4.43 Å². The lowest BCUT2D eigenvalue weighted by molar-refractivity contribution is 0.0722. The largest absolute Gasteiger partial charge is 0.465 e. The Kier molecular flexibility index (Phi) is 9.17. The molecule has 0 bridgehead atoms. The molecule has 0 saturated carbocycles. The highest BCUT2D eigenvalue weighted by molar-refractivity contribution is 6.74. The number of carboxylic acid groups (broad SMARTS) is 1. The van der Waals surface area contributed by atoms with Crippen LogP contribution in [0.25, 0.3) is 11.3 Å². The zero-order chi connectivity index (χ0) is 30.8. The van der Waals surface area contributed by atoms with E-state index in [1.165, 1.54) is 12.1 Å². The first-order chi connectivity index (χ1) is 19.7. The van der Waals surface area contributed by atoms with Crippen LogP contribution in [0.3, 0.4) is 0 Å². The smallest absolute Gasteiger partial charge is 0.405 e. The van der Waals surface area contributed by atoms with Crippen LogP contribution in [0.15, 0.2) is 48.8 Å². The first-order valence-corrected chi connectivity index (χ1v) is 16.8. The fourth-order valence-corrected chi connectivity index (χ4v) is 6.36. The number of halogens is 3. The lowest BCUT2D eigenvalue weighted by Gasteiger charge is -2.48. The number of amides is 1. The Bertz CT molecular complexity index is 1420. The van der Waals surface area contributed by atoms with Gasteiger partial charge in [-0.05, 0) is 48.5 Å². The molecule has 3 aromatic rings. The van der Waals surface area contributed by atoms with Crippen LogP contribution in [-0.4, -0.2) is 54.7 Å². The summed E-state index contributed by atoms with van der Waals surface area (Å²) in [5.41, 5.74) is 0.878. The first kappa shape index (κ1) is 31.3. The van der Waals surface area contributed by atoms with Crippen molar-refractivity contribution in [3.63, 3.8) is 0 Å². The normalized spacial score (nSPS) is 19.5. The van der Waals surface area contributed by atoms with Crippen LogP contribution in [0.2, 0.25) is 18.1 Å². The second-order valence-electron chi connectivity index (χ2n) is 12.3. The van der Waals surface area contributed by atoms with Crippen molar-refractivity contribution in [2.75, 3.05) is 23.3 Å². The third-order valence-electron chi connectivity index (χ3n) is 8.13. The van der Waals surface area contributed by atoms with Crippen LogP contribution in [0.4, 0.5) is 29.3 Å². The summed E-state index contributed by atoms with van der Waals surface area (Å²) in [5, 5.41) is 15.5. The van der Waals surface area contributed by atoms with Crippen LogP contribution < -0.4 is 15.5 Å². The molecule has 0 spiro atoms. The van der Waals surface area contributed by atoms with Crippen LogP contribution in [0, 0.1) is 23.4 Å². The van der Waals surface area contributed by atoms with E-state index in [0.29, 0.717) is 24.5 Å². The van der Waals surface area contributed by atoms with Gasteiger partial charge in [0.15, 0.2) is 8.32 Å². The topological polar surface area (TPSA) is 99.6 Å². The summed E-state index contributed by atoms with van der Waals surface area (Å²) in [6, 6.07) is 7.26. The van der Waals surface area contributed by atoms with Crippen molar-refractivity contribution in [3.8, 4) is 11.3 Å². The van der Waals surface area contributed by atoms with E-state index < -0.39 is 49.2 Å². The maximum atomic E-state index is 14.6. The minimum Gasteiger partial charge on any atom is -0.465 e. The Morgan fingerprint density at radius 2 is 1.79 bits per heavy atom. The second kappa shape index (κ2) is 12.3. The van der Waals surface area contributed by atoms with E-state index in [9.17, 15) is 23.1 Å². The average Bonchev–Trinajstić information content (AvgIpc) is 2.90. The quantitative estimate of drug-likeness (QED) is 0.249. The van der Waals surface area contributed by atoms with E-state index in [-0.39, 0.29) is 23.6 Å². The van der Waals surface area contributed by atoms with Gasteiger partial charge in [-0.15, -0.1) is 0 Å². The molecule has 0 unspecified atom stereocenters. The number of anilines is 2. The number of benzene rings is 1. The molecule has 1 aliphatic rings. The van der Waals surface area contributed by atoms with Gasteiger partial charge < -0.3 is 25.1 Å². The van der Waals surface area contributed by atoms with E-state index in [2.05, 4.69) is 66.3 Å². The fourth-order valence-electron chi connectivity index (χ4n) is 4.93. The van der Waals surface area contributed by atoms with Crippen molar-refractivity contribution in [1.82, 2.24) is 15.3 Å². The lowest BCUT2D eigenvalue weighted by Crippen LogP contribution is -2.62. The Hall–Kier alpha value is -3.64. The minimum absolute atomic E-state index is 0.00253. The molecule has 0 aliphatic carbocycles. The van der Waals surface area contributed by atoms with Gasteiger partial charge in [0.2, 0.25) is 0 Å². The van der Waals surface area contributed by atoms with Gasteiger partial charge in [-0.1, -0.05) is 33.8 Å². The highest BCUT2D eigenvalue weighted by atomic mass is 28.4. The Balaban J connectivity index is 1.56. The number of piperidine rings is 1. The zero-order valence-electron chi connectivity index (χ0n) is 24.7. The molecule has 8 nitrogen and oxygen atoms in total. The van der Waals surface area contributed by atoms with Gasteiger partial charge in [-0.2, -0.15) is 0 Å². The Morgan fingerprint density at radius 3 is 2.43 bits per heavy atom. The predicted molar refractivity (Wildman–Crippen MR) is 160 cm³/mol. The van der Waals surface area contributed by atoms with Crippen molar-refractivity contribution >= 4 is 25.8 Å². The molecule has 1 amide bonds. The number of carbonyl (C=O) groups is 1. The number of nitrogens with zero attached hydrogens (tertiary/aromatic N) is 3. The molecular weight excluding hydrogens is 563 g/mol. The highest BCUT2D eigenvalue weighted by Gasteiger charge is 2.45. The molecule has 2 aromatic heterocycles. The molecule has 1 aromatic carbocycles. The van der Waals surface area contributed by atoms with Gasteiger partial charge >= 0.3 is 6.09 Å². The predicted octanol–water partition coefficient (Wildman–Crippen LogP) is 6.66. The van der Waals surface area contributed by atoms with Crippen LogP contribution in [0.5, 0.6) is 0 Å². The van der Waals surface area contributed by atoms with Crippen LogP contribution in [-0.2, 0) is 11.0 Å². The molecule has 3 N–H and O–H groups in total. The van der Waals surface area contributed by atoms with Crippen LogP contribution >= 0.6 is 0 Å². The third kappa shape index (κ3) is 6.87. The Labute approximate surface area is 245 Å². The second-order valence-corrected chi connectivity index (χ2v) is 17.0. The first-order valence-electron chi connectivity index (χ1n) is 13.9. The molecule has 1 fully saturated rings. The number of aromatic nitrogens is 2. The molecule has 4 rings (SSSR count). The summed E-state index contributed by atoms with van der Waals surface area (Å²) in [7, 11) is -2.18. The lowest BCUT2D eigenvalue weighted by atomic mass is 9.92. The molecule has 1 saturated heterocycles. The van der Waals surface area contributed by atoms with E-state index >= 15 is 0 Å². The van der Waals surface area contributed by atoms with E-state index in [0.717, 1.165) is 23.9 Å². The third-order valence-corrected chi connectivity index (χ3v) is 12.6. The van der Waals surface area contributed by atoms with Crippen molar-refractivity contribution in [3.05, 3.63) is 71.9 Å². The average molecular weight is 602 g/mol. The van der Waals surface area contributed by atoms with Gasteiger partial charge in [-0.25, -0.2) is 22.9 Å². The molecule has 3 heterocycles. The molecule has 12 heteroatoms. The standard InChI is InChI=1S/C30H38F3N5O3Si/c1-18-16-38(17-24(37-29(39)40)28(18)41-42(5,6)30(2,3)4)25-12-13-34-15-23(25)35-14-19-10-11-22(33)27(36-19)26-20(31)8-7-9-21(26)32/h7-13,15,18,24,28,35,37H,14,16-17H2,1-6H3,(H,39,40)/t18-,24+,28+/m0/s1. The summed E-state index contributed by atoms with van der Waals surface area (Å²) < 4.78 is 50.0. The fraction of sp³-hybridized carbons (Fsp3) is 0.433. The number of hydrogen-bond donors (Lipinski definition) is 3.